The van der Waals surface area contributed by atoms with E-state index >= 15 is 0 Å². The van der Waals surface area contributed by atoms with Crippen molar-refractivity contribution in [1.29, 1.82) is 5.26 Å². The first-order valence-corrected chi connectivity index (χ1v) is 4.88. The van der Waals surface area contributed by atoms with Crippen LogP contribution in [0.25, 0.3) is 0 Å². The second-order valence-electron chi connectivity index (χ2n) is 3.12. The lowest BCUT2D eigenvalue weighted by Gasteiger charge is -2.10. The predicted molar refractivity (Wildman–Crippen MR) is 56.6 cm³/mol. The predicted octanol–water partition coefficient (Wildman–Crippen LogP) is 2.94. The summed E-state index contributed by atoms with van der Waals surface area (Å²) in [6.07, 6.45) is 0. The highest BCUT2D eigenvalue weighted by Crippen LogP contribution is 2.24. The van der Waals surface area contributed by atoms with E-state index < -0.39 is 0 Å². The van der Waals surface area contributed by atoms with Crippen LogP contribution in [0.15, 0.2) is 12.1 Å². The third-order valence-corrected chi connectivity index (χ3v) is 2.40. The van der Waals surface area contributed by atoms with Gasteiger partial charge in [0.1, 0.15) is 11.8 Å². The van der Waals surface area contributed by atoms with E-state index in [1.807, 2.05) is 32.0 Å². The summed E-state index contributed by atoms with van der Waals surface area (Å²) in [7, 11) is 0. The highest BCUT2D eigenvalue weighted by Gasteiger charge is 2.05. The average Bonchev–Trinajstić information content (AvgIpc) is 2.19. The molecule has 0 aliphatic heterocycles. The standard InChI is InChI=1S/C11H12ClNO/c1-8-5-10(7-12)11(6-9(8)2)14-4-3-13/h5-6H,4,7H2,1-2H3. The molecule has 0 spiro atoms. The number of rotatable bonds is 3. The zero-order chi connectivity index (χ0) is 10.6. The van der Waals surface area contributed by atoms with E-state index in [1.54, 1.807) is 0 Å². The minimum absolute atomic E-state index is 0.0619. The molecule has 0 saturated carbocycles. The fourth-order valence-electron chi connectivity index (χ4n) is 1.20. The fraction of sp³-hybridized carbons (Fsp3) is 0.364. The van der Waals surface area contributed by atoms with Gasteiger partial charge in [-0.15, -0.1) is 11.6 Å². The van der Waals surface area contributed by atoms with Crippen LogP contribution in [0.5, 0.6) is 5.75 Å². The molecular formula is C11H12ClNO. The largest absolute Gasteiger partial charge is 0.478 e. The monoisotopic (exact) mass is 209 g/mol. The lowest BCUT2D eigenvalue weighted by molar-refractivity contribution is 0.365. The first kappa shape index (κ1) is 10.9. The van der Waals surface area contributed by atoms with Crippen molar-refractivity contribution < 1.29 is 4.74 Å². The van der Waals surface area contributed by atoms with E-state index in [-0.39, 0.29) is 6.61 Å². The van der Waals surface area contributed by atoms with Gasteiger partial charge in [-0.25, -0.2) is 0 Å². The maximum Gasteiger partial charge on any atom is 0.174 e. The Hall–Kier alpha value is -1.20. The zero-order valence-electron chi connectivity index (χ0n) is 8.30. The topological polar surface area (TPSA) is 33.0 Å². The lowest BCUT2D eigenvalue weighted by Crippen LogP contribution is -1.98. The number of aryl methyl sites for hydroxylation is 2. The number of hydrogen-bond acceptors (Lipinski definition) is 2. The van der Waals surface area contributed by atoms with Crippen LogP contribution >= 0.6 is 11.6 Å². The maximum atomic E-state index is 8.41. The maximum absolute atomic E-state index is 8.41. The van der Waals surface area contributed by atoms with Gasteiger partial charge in [0.25, 0.3) is 0 Å². The molecule has 0 unspecified atom stereocenters. The summed E-state index contributed by atoms with van der Waals surface area (Å²) in [6, 6.07) is 5.85. The lowest BCUT2D eigenvalue weighted by atomic mass is 10.1. The Bertz CT molecular complexity index is 368. The van der Waals surface area contributed by atoms with Gasteiger partial charge in [-0.2, -0.15) is 5.26 Å². The molecule has 0 bridgehead atoms. The van der Waals surface area contributed by atoms with Gasteiger partial charge in [0.2, 0.25) is 0 Å². The third-order valence-electron chi connectivity index (χ3n) is 2.11. The normalized spacial score (nSPS) is 9.57. The summed E-state index contributed by atoms with van der Waals surface area (Å²) < 4.78 is 5.27. The molecule has 0 N–H and O–H groups in total. The molecule has 0 amide bonds. The molecule has 0 heterocycles. The Balaban J connectivity index is 3.02. The summed E-state index contributed by atoms with van der Waals surface area (Å²) >= 11 is 5.77. The van der Waals surface area contributed by atoms with Gasteiger partial charge in [-0.3, -0.25) is 0 Å². The molecular weight excluding hydrogens is 198 g/mol. The van der Waals surface area contributed by atoms with Gasteiger partial charge < -0.3 is 4.74 Å². The Morgan fingerprint density at radius 1 is 1.36 bits per heavy atom. The molecule has 0 aliphatic rings. The van der Waals surface area contributed by atoms with Crippen molar-refractivity contribution in [3.05, 3.63) is 28.8 Å². The summed E-state index contributed by atoms with van der Waals surface area (Å²) in [4.78, 5) is 0. The van der Waals surface area contributed by atoms with Gasteiger partial charge in [0.05, 0.1) is 5.88 Å². The number of alkyl halides is 1. The van der Waals surface area contributed by atoms with Crippen LogP contribution in [0.3, 0.4) is 0 Å². The Morgan fingerprint density at radius 3 is 2.57 bits per heavy atom. The van der Waals surface area contributed by atoms with Crippen molar-refractivity contribution in [1.82, 2.24) is 0 Å². The summed E-state index contributed by atoms with van der Waals surface area (Å²) in [5.41, 5.74) is 3.27. The van der Waals surface area contributed by atoms with E-state index in [0.29, 0.717) is 11.6 Å². The molecule has 0 aromatic heterocycles. The molecule has 0 radical (unpaired) electrons. The van der Waals surface area contributed by atoms with Crippen LogP contribution in [0, 0.1) is 25.2 Å². The van der Waals surface area contributed by atoms with E-state index in [1.165, 1.54) is 5.56 Å². The Labute approximate surface area is 89.1 Å². The molecule has 1 rings (SSSR count). The van der Waals surface area contributed by atoms with Gasteiger partial charge in [-0.05, 0) is 31.0 Å². The third kappa shape index (κ3) is 2.40. The quantitative estimate of drug-likeness (QED) is 0.718. The zero-order valence-corrected chi connectivity index (χ0v) is 9.06. The molecule has 74 valence electrons. The van der Waals surface area contributed by atoms with Crippen LogP contribution in [0.4, 0.5) is 0 Å². The molecule has 0 fully saturated rings. The summed E-state index contributed by atoms with van der Waals surface area (Å²) in [5, 5.41) is 8.41. The number of nitrogens with zero attached hydrogens (tertiary/aromatic N) is 1. The average molecular weight is 210 g/mol. The van der Waals surface area contributed by atoms with Gasteiger partial charge in [0, 0.05) is 5.56 Å². The molecule has 14 heavy (non-hydrogen) atoms. The van der Waals surface area contributed by atoms with Crippen molar-refractivity contribution in [3.8, 4) is 11.8 Å². The van der Waals surface area contributed by atoms with E-state index in [2.05, 4.69) is 0 Å². The first-order valence-electron chi connectivity index (χ1n) is 4.35. The molecule has 1 aromatic carbocycles. The molecule has 0 saturated heterocycles. The highest BCUT2D eigenvalue weighted by atomic mass is 35.5. The van der Waals surface area contributed by atoms with Crippen LogP contribution in [0.2, 0.25) is 0 Å². The van der Waals surface area contributed by atoms with Crippen molar-refractivity contribution in [3.63, 3.8) is 0 Å². The summed E-state index contributed by atoms with van der Waals surface area (Å²) in [6.45, 7) is 4.10. The number of halogens is 1. The molecule has 2 nitrogen and oxygen atoms in total. The molecule has 0 atom stereocenters. The van der Waals surface area contributed by atoms with Gasteiger partial charge >= 0.3 is 0 Å². The number of benzene rings is 1. The smallest absolute Gasteiger partial charge is 0.174 e. The molecule has 3 heteroatoms. The van der Waals surface area contributed by atoms with E-state index in [4.69, 9.17) is 21.6 Å². The number of nitriles is 1. The van der Waals surface area contributed by atoms with Crippen LogP contribution in [-0.2, 0) is 5.88 Å². The van der Waals surface area contributed by atoms with Gasteiger partial charge in [-0.1, -0.05) is 6.07 Å². The second-order valence-corrected chi connectivity index (χ2v) is 3.39. The SMILES string of the molecule is Cc1cc(CCl)c(OCC#N)cc1C. The van der Waals surface area contributed by atoms with Crippen molar-refractivity contribution in [2.24, 2.45) is 0 Å². The van der Waals surface area contributed by atoms with E-state index in [9.17, 15) is 0 Å². The number of ether oxygens (including phenoxy) is 1. The van der Waals surface area contributed by atoms with Crippen molar-refractivity contribution in [2.75, 3.05) is 6.61 Å². The fourth-order valence-corrected chi connectivity index (χ4v) is 1.41. The molecule has 0 aliphatic carbocycles. The van der Waals surface area contributed by atoms with Crippen LogP contribution < -0.4 is 4.74 Å². The summed E-state index contributed by atoms with van der Waals surface area (Å²) in [5.74, 6) is 1.12. The van der Waals surface area contributed by atoms with Crippen LogP contribution in [-0.4, -0.2) is 6.61 Å². The second kappa shape index (κ2) is 4.88. The van der Waals surface area contributed by atoms with Gasteiger partial charge in [0.15, 0.2) is 6.61 Å². The highest BCUT2D eigenvalue weighted by molar-refractivity contribution is 6.17. The van der Waals surface area contributed by atoms with Crippen molar-refractivity contribution >= 4 is 11.6 Å². The minimum atomic E-state index is 0.0619. The van der Waals surface area contributed by atoms with E-state index in [0.717, 1.165) is 11.1 Å². The first-order chi connectivity index (χ1) is 6.69. The molecule has 1 aromatic rings. The minimum Gasteiger partial charge on any atom is -0.478 e. The van der Waals surface area contributed by atoms with Crippen molar-refractivity contribution in [2.45, 2.75) is 19.7 Å². The number of hydrogen-bond donors (Lipinski definition) is 0. The Kier molecular flexibility index (Phi) is 3.79. The Morgan fingerprint density at radius 2 is 2.00 bits per heavy atom. The van der Waals surface area contributed by atoms with Crippen LogP contribution in [0.1, 0.15) is 16.7 Å².